The van der Waals surface area contributed by atoms with Gasteiger partial charge in [0.2, 0.25) is 0 Å². The van der Waals surface area contributed by atoms with Crippen LogP contribution >= 0.6 is 11.8 Å². The Balaban J connectivity index is 2.06. The van der Waals surface area contributed by atoms with E-state index in [0.717, 1.165) is 21.6 Å². The standard InChI is InChI=1S/C20H29NO7S/c1-14(2)13-28-27-7-6-21-20(24)26-9-8-25-18(22)5-10-29-17-11-15(3)19(23)16(4)12-17/h11-13,23H,5-10H2,1-4H3,(H,21,24). The van der Waals surface area contributed by atoms with E-state index >= 15 is 0 Å². The molecular weight excluding hydrogens is 398 g/mol. The molecule has 8 nitrogen and oxygen atoms in total. The molecule has 0 atom stereocenters. The van der Waals surface area contributed by atoms with Crippen molar-refractivity contribution in [3.8, 4) is 5.75 Å². The second-order valence-corrected chi connectivity index (χ2v) is 7.57. The third-order valence-corrected chi connectivity index (χ3v) is 4.40. The third kappa shape index (κ3) is 11.3. The second-order valence-electron chi connectivity index (χ2n) is 6.40. The summed E-state index contributed by atoms with van der Waals surface area (Å²) >= 11 is 1.51. The number of allylic oxidation sites excluding steroid dienone is 1. The second kappa shape index (κ2) is 13.7. The first-order valence-electron chi connectivity index (χ1n) is 9.20. The fourth-order valence-electron chi connectivity index (χ4n) is 2.04. The third-order valence-electron chi connectivity index (χ3n) is 3.43. The van der Waals surface area contributed by atoms with Crippen molar-refractivity contribution >= 4 is 23.8 Å². The molecule has 0 aliphatic heterocycles. The molecule has 9 heteroatoms. The number of alkyl carbamates (subject to hydrolysis) is 1. The smallest absolute Gasteiger partial charge is 0.407 e. The Bertz CT molecular complexity index is 679. The Kier molecular flexibility index (Phi) is 11.7. The molecule has 0 saturated carbocycles. The first kappa shape index (κ1) is 24.6. The summed E-state index contributed by atoms with van der Waals surface area (Å²) in [6, 6.07) is 3.76. The number of hydrogen-bond acceptors (Lipinski definition) is 8. The van der Waals surface area contributed by atoms with E-state index in [4.69, 9.17) is 19.2 Å². The van der Waals surface area contributed by atoms with Crippen LogP contribution in [0.2, 0.25) is 0 Å². The van der Waals surface area contributed by atoms with Crippen LogP contribution in [-0.2, 0) is 24.0 Å². The maximum atomic E-state index is 11.7. The van der Waals surface area contributed by atoms with Gasteiger partial charge in [-0.25, -0.2) is 4.79 Å². The minimum Gasteiger partial charge on any atom is -0.507 e. The fourth-order valence-corrected chi connectivity index (χ4v) is 3.06. The van der Waals surface area contributed by atoms with E-state index in [9.17, 15) is 14.7 Å². The number of nitrogens with one attached hydrogen (secondary N) is 1. The molecule has 0 unspecified atom stereocenters. The first-order chi connectivity index (χ1) is 13.8. The number of phenols is 1. The molecule has 1 amide bonds. The van der Waals surface area contributed by atoms with Crippen LogP contribution in [0.4, 0.5) is 4.79 Å². The molecule has 1 aromatic rings. The zero-order valence-corrected chi connectivity index (χ0v) is 18.1. The van der Waals surface area contributed by atoms with Gasteiger partial charge >= 0.3 is 12.1 Å². The summed E-state index contributed by atoms with van der Waals surface area (Å²) in [6.07, 6.45) is 1.07. The van der Waals surface area contributed by atoms with Gasteiger partial charge in [-0.1, -0.05) is 0 Å². The number of thioether (sulfide) groups is 1. The van der Waals surface area contributed by atoms with E-state index in [-0.39, 0.29) is 38.8 Å². The Morgan fingerprint density at radius 1 is 1.10 bits per heavy atom. The summed E-state index contributed by atoms with van der Waals surface area (Å²) < 4.78 is 9.91. The SMILES string of the molecule is CC(C)=COOCCNC(=O)OCCOC(=O)CCSc1cc(C)c(O)c(C)c1. The monoisotopic (exact) mass is 427 g/mol. The predicted octanol–water partition coefficient (Wildman–Crippen LogP) is 3.63. The number of amides is 1. The Morgan fingerprint density at radius 2 is 1.76 bits per heavy atom. The number of aromatic hydroxyl groups is 1. The minimum atomic E-state index is -0.625. The van der Waals surface area contributed by atoms with Gasteiger partial charge in [0, 0.05) is 17.2 Å². The van der Waals surface area contributed by atoms with Crippen molar-refractivity contribution in [1.29, 1.82) is 0 Å². The van der Waals surface area contributed by atoms with Crippen molar-refractivity contribution in [3.63, 3.8) is 0 Å². The number of rotatable bonds is 12. The molecule has 0 saturated heterocycles. The summed E-state index contributed by atoms with van der Waals surface area (Å²) in [5, 5.41) is 12.2. The molecule has 0 aromatic heterocycles. The fraction of sp³-hybridized carbons (Fsp3) is 0.500. The van der Waals surface area contributed by atoms with E-state index < -0.39 is 6.09 Å². The summed E-state index contributed by atoms with van der Waals surface area (Å²) in [5.74, 6) is 0.486. The van der Waals surface area contributed by atoms with Gasteiger partial charge in [0.05, 0.1) is 6.42 Å². The van der Waals surface area contributed by atoms with Gasteiger partial charge in [-0.2, -0.15) is 4.89 Å². The minimum absolute atomic E-state index is 0.00543. The number of carbonyl (C=O) groups is 2. The maximum absolute atomic E-state index is 11.7. The van der Waals surface area contributed by atoms with Crippen molar-refractivity contribution in [2.24, 2.45) is 0 Å². The van der Waals surface area contributed by atoms with Crippen molar-refractivity contribution in [2.75, 3.05) is 32.1 Å². The number of esters is 1. The molecule has 0 aliphatic rings. The van der Waals surface area contributed by atoms with Gasteiger partial charge in [-0.05, 0) is 56.5 Å². The molecule has 0 radical (unpaired) electrons. The van der Waals surface area contributed by atoms with E-state index in [2.05, 4.69) is 5.32 Å². The van der Waals surface area contributed by atoms with Gasteiger partial charge in [0.15, 0.2) is 0 Å². The zero-order valence-electron chi connectivity index (χ0n) is 17.3. The topological polar surface area (TPSA) is 103 Å². The highest BCUT2D eigenvalue weighted by Gasteiger charge is 2.07. The molecule has 1 rings (SSSR count). The van der Waals surface area contributed by atoms with Crippen LogP contribution in [0.15, 0.2) is 28.9 Å². The van der Waals surface area contributed by atoms with Gasteiger partial charge in [-0.15, -0.1) is 11.8 Å². The van der Waals surface area contributed by atoms with Gasteiger partial charge < -0.3 is 24.8 Å². The van der Waals surface area contributed by atoms with Crippen LogP contribution in [0, 0.1) is 13.8 Å². The Hall–Kier alpha value is -2.39. The van der Waals surface area contributed by atoms with Crippen molar-refractivity contribution < 1.29 is 33.9 Å². The highest BCUT2D eigenvalue weighted by molar-refractivity contribution is 7.99. The molecule has 0 aliphatic carbocycles. The Labute approximate surface area is 175 Å². The van der Waals surface area contributed by atoms with Crippen molar-refractivity contribution in [2.45, 2.75) is 39.0 Å². The lowest BCUT2D eigenvalue weighted by Crippen LogP contribution is -2.29. The van der Waals surface area contributed by atoms with Crippen LogP contribution in [0.5, 0.6) is 5.75 Å². The molecule has 0 spiro atoms. The summed E-state index contributed by atoms with van der Waals surface area (Å²) in [4.78, 5) is 33.7. The molecular formula is C20H29NO7S. The average molecular weight is 428 g/mol. The molecule has 1 aromatic carbocycles. The summed E-state index contributed by atoms with van der Waals surface area (Å²) in [7, 11) is 0. The van der Waals surface area contributed by atoms with Crippen LogP contribution in [0.25, 0.3) is 0 Å². The number of aryl methyl sites for hydroxylation is 2. The van der Waals surface area contributed by atoms with Gasteiger partial charge in [-0.3, -0.25) is 4.79 Å². The summed E-state index contributed by atoms with van der Waals surface area (Å²) in [5.41, 5.74) is 2.56. The van der Waals surface area contributed by atoms with Crippen molar-refractivity contribution in [1.82, 2.24) is 5.32 Å². The number of carbonyl (C=O) groups excluding carboxylic acids is 2. The molecule has 2 N–H and O–H groups in total. The van der Waals surface area contributed by atoms with E-state index in [1.807, 2.05) is 39.8 Å². The highest BCUT2D eigenvalue weighted by atomic mass is 32.2. The van der Waals surface area contributed by atoms with E-state index in [1.54, 1.807) is 0 Å². The highest BCUT2D eigenvalue weighted by Crippen LogP contribution is 2.28. The lowest BCUT2D eigenvalue weighted by atomic mass is 10.1. The first-order valence-corrected chi connectivity index (χ1v) is 10.2. The largest absolute Gasteiger partial charge is 0.507 e. The molecule has 0 heterocycles. The van der Waals surface area contributed by atoms with Crippen LogP contribution in [-0.4, -0.2) is 49.3 Å². The number of phenolic OH excluding ortho intramolecular Hbond substituents is 1. The van der Waals surface area contributed by atoms with Crippen LogP contribution in [0.3, 0.4) is 0 Å². The quantitative estimate of drug-likeness (QED) is 0.130. The molecule has 29 heavy (non-hydrogen) atoms. The van der Waals surface area contributed by atoms with Crippen LogP contribution in [0.1, 0.15) is 31.4 Å². The molecule has 0 bridgehead atoms. The number of hydrogen-bond donors (Lipinski definition) is 2. The number of ether oxygens (including phenoxy) is 2. The Morgan fingerprint density at radius 3 is 2.41 bits per heavy atom. The molecule has 162 valence electrons. The zero-order chi connectivity index (χ0) is 21.6. The normalized spacial score (nSPS) is 10.2. The summed E-state index contributed by atoms with van der Waals surface area (Å²) in [6.45, 7) is 7.76. The van der Waals surface area contributed by atoms with Crippen LogP contribution < -0.4 is 5.32 Å². The molecule has 0 fully saturated rings. The van der Waals surface area contributed by atoms with E-state index in [0.29, 0.717) is 11.5 Å². The predicted molar refractivity (Wildman–Crippen MR) is 110 cm³/mol. The van der Waals surface area contributed by atoms with Gasteiger partial charge in [0.25, 0.3) is 0 Å². The van der Waals surface area contributed by atoms with E-state index in [1.165, 1.54) is 18.0 Å². The van der Waals surface area contributed by atoms with Gasteiger partial charge in [0.1, 0.15) is 31.8 Å². The van der Waals surface area contributed by atoms with Crippen molar-refractivity contribution in [3.05, 3.63) is 35.1 Å². The average Bonchev–Trinajstić information content (AvgIpc) is 2.65. The lowest BCUT2D eigenvalue weighted by molar-refractivity contribution is -0.247. The number of benzene rings is 1. The maximum Gasteiger partial charge on any atom is 0.407 e. The lowest BCUT2D eigenvalue weighted by Gasteiger charge is -2.09.